The minimum absolute atomic E-state index is 0.0471. The Bertz CT molecular complexity index is 628. The molecule has 0 aliphatic heterocycles. The van der Waals surface area contributed by atoms with Crippen molar-refractivity contribution in [1.29, 1.82) is 0 Å². The second-order valence-corrected chi connectivity index (χ2v) is 4.66. The lowest BCUT2D eigenvalue weighted by Crippen LogP contribution is -2.29. The van der Waals surface area contributed by atoms with Crippen molar-refractivity contribution in [2.24, 2.45) is 0 Å². The number of para-hydroxylation sites is 1. The summed E-state index contributed by atoms with van der Waals surface area (Å²) in [5.41, 5.74) is 0.929. The number of rotatable bonds is 5. The number of amides is 1. The molecule has 2 rings (SSSR count). The van der Waals surface area contributed by atoms with Crippen molar-refractivity contribution in [2.75, 3.05) is 7.11 Å². The quantitative estimate of drug-likeness (QED) is 0.910. The first kappa shape index (κ1) is 15.0. The summed E-state index contributed by atoms with van der Waals surface area (Å²) < 4.78 is 19.0. The Morgan fingerprint density at radius 2 is 1.86 bits per heavy atom. The summed E-state index contributed by atoms with van der Waals surface area (Å²) in [5.74, 6) is -0.242. The van der Waals surface area contributed by atoms with Crippen LogP contribution in [0.1, 0.15) is 35.3 Å². The van der Waals surface area contributed by atoms with Crippen LogP contribution in [-0.4, -0.2) is 13.0 Å². The van der Waals surface area contributed by atoms with Gasteiger partial charge < -0.3 is 10.1 Å². The van der Waals surface area contributed by atoms with E-state index in [4.69, 9.17) is 4.74 Å². The normalized spacial score (nSPS) is 11.8. The Morgan fingerprint density at radius 3 is 2.52 bits per heavy atom. The van der Waals surface area contributed by atoms with Crippen molar-refractivity contribution in [3.63, 3.8) is 0 Å². The highest BCUT2D eigenvalue weighted by atomic mass is 19.1. The Balaban J connectivity index is 2.23. The van der Waals surface area contributed by atoms with Gasteiger partial charge in [-0.2, -0.15) is 0 Å². The Morgan fingerprint density at radius 1 is 1.19 bits per heavy atom. The van der Waals surface area contributed by atoms with Crippen LogP contribution in [0, 0.1) is 5.82 Å². The molecule has 110 valence electrons. The molecule has 0 radical (unpaired) electrons. The van der Waals surface area contributed by atoms with Crippen LogP contribution in [0.4, 0.5) is 4.39 Å². The molecule has 0 aliphatic carbocycles. The van der Waals surface area contributed by atoms with Crippen LogP contribution in [0.3, 0.4) is 0 Å². The van der Waals surface area contributed by atoms with Crippen LogP contribution in [0.5, 0.6) is 5.75 Å². The smallest absolute Gasteiger partial charge is 0.254 e. The van der Waals surface area contributed by atoms with Gasteiger partial charge in [0.2, 0.25) is 0 Å². The van der Waals surface area contributed by atoms with E-state index in [1.807, 2.05) is 31.2 Å². The summed E-state index contributed by atoms with van der Waals surface area (Å²) in [6, 6.07) is 13.2. The molecule has 1 unspecified atom stereocenters. The Hall–Kier alpha value is -2.36. The van der Waals surface area contributed by atoms with Gasteiger partial charge in [0.05, 0.1) is 18.7 Å². The minimum atomic E-state index is -0.523. The van der Waals surface area contributed by atoms with Crippen molar-refractivity contribution in [3.8, 4) is 5.75 Å². The van der Waals surface area contributed by atoms with Crippen LogP contribution in [0.25, 0.3) is 0 Å². The molecular formula is C17H18FNO2. The predicted octanol–water partition coefficient (Wildman–Crippen LogP) is 3.72. The molecule has 1 N–H and O–H groups in total. The fourth-order valence-electron chi connectivity index (χ4n) is 2.24. The topological polar surface area (TPSA) is 38.3 Å². The zero-order valence-corrected chi connectivity index (χ0v) is 12.1. The number of hydrogen-bond donors (Lipinski definition) is 1. The molecule has 0 aromatic heterocycles. The lowest BCUT2D eigenvalue weighted by atomic mass is 10.0. The highest BCUT2D eigenvalue weighted by Crippen LogP contribution is 2.27. The van der Waals surface area contributed by atoms with E-state index < -0.39 is 11.7 Å². The second-order valence-electron chi connectivity index (χ2n) is 4.66. The van der Waals surface area contributed by atoms with Crippen LogP contribution < -0.4 is 10.1 Å². The van der Waals surface area contributed by atoms with E-state index in [2.05, 4.69) is 5.32 Å². The molecule has 1 atom stereocenters. The molecular weight excluding hydrogens is 269 g/mol. The van der Waals surface area contributed by atoms with Gasteiger partial charge in [-0.1, -0.05) is 37.3 Å². The van der Waals surface area contributed by atoms with Gasteiger partial charge in [0.1, 0.15) is 11.6 Å². The predicted molar refractivity (Wildman–Crippen MR) is 79.9 cm³/mol. The van der Waals surface area contributed by atoms with Gasteiger partial charge >= 0.3 is 0 Å². The average molecular weight is 287 g/mol. The highest BCUT2D eigenvalue weighted by Gasteiger charge is 2.19. The maximum Gasteiger partial charge on any atom is 0.254 e. The fourth-order valence-corrected chi connectivity index (χ4v) is 2.24. The largest absolute Gasteiger partial charge is 0.496 e. The van der Waals surface area contributed by atoms with Gasteiger partial charge in [0.25, 0.3) is 5.91 Å². The van der Waals surface area contributed by atoms with Gasteiger partial charge in [-0.3, -0.25) is 4.79 Å². The van der Waals surface area contributed by atoms with Gasteiger partial charge in [-0.15, -0.1) is 0 Å². The fraction of sp³-hybridized carbons (Fsp3) is 0.235. The third-order valence-corrected chi connectivity index (χ3v) is 3.35. The first-order valence-electron chi connectivity index (χ1n) is 6.85. The molecule has 21 heavy (non-hydrogen) atoms. The van der Waals surface area contributed by atoms with E-state index in [1.165, 1.54) is 12.1 Å². The van der Waals surface area contributed by atoms with Crippen LogP contribution in [0.2, 0.25) is 0 Å². The zero-order valence-electron chi connectivity index (χ0n) is 12.1. The molecule has 0 saturated heterocycles. The first-order chi connectivity index (χ1) is 10.2. The summed E-state index contributed by atoms with van der Waals surface area (Å²) in [4.78, 5) is 12.2. The molecule has 2 aromatic rings. The maximum absolute atomic E-state index is 13.7. The standard InChI is InChI=1S/C17H18FNO2/c1-3-15(13-9-5-7-11-16(13)21-2)19-17(20)12-8-4-6-10-14(12)18/h4-11,15H,3H2,1-2H3,(H,19,20). The number of ether oxygens (including phenoxy) is 1. The Kier molecular flexibility index (Phi) is 4.93. The van der Waals surface area contributed by atoms with Crippen molar-refractivity contribution < 1.29 is 13.9 Å². The molecule has 4 heteroatoms. The molecule has 2 aromatic carbocycles. The first-order valence-corrected chi connectivity index (χ1v) is 6.85. The lowest BCUT2D eigenvalue weighted by molar-refractivity contribution is 0.0931. The second kappa shape index (κ2) is 6.88. The average Bonchev–Trinajstić information content (AvgIpc) is 2.52. The van der Waals surface area contributed by atoms with Gasteiger partial charge in [0.15, 0.2) is 0 Å². The number of carbonyl (C=O) groups is 1. The minimum Gasteiger partial charge on any atom is -0.496 e. The van der Waals surface area contributed by atoms with Crippen molar-refractivity contribution in [1.82, 2.24) is 5.32 Å². The van der Waals surface area contributed by atoms with E-state index in [-0.39, 0.29) is 11.6 Å². The lowest BCUT2D eigenvalue weighted by Gasteiger charge is -2.20. The van der Waals surface area contributed by atoms with E-state index in [1.54, 1.807) is 19.2 Å². The molecule has 0 bridgehead atoms. The van der Waals surface area contributed by atoms with Crippen LogP contribution in [-0.2, 0) is 0 Å². The number of hydrogen-bond acceptors (Lipinski definition) is 2. The number of halogens is 1. The third-order valence-electron chi connectivity index (χ3n) is 3.35. The van der Waals surface area contributed by atoms with Crippen LogP contribution >= 0.6 is 0 Å². The summed E-state index contributed by atoms with van der Waals surface area (Å²) in [6.45, 7) is 1.96. The third kappa shape index (κ3) is 3.40. The van der Waals surface area contributed by atoms with E-state index in [0.29, 0.717) is 12.2 Å². The van der Waals surface area contributed by atoms with Crippen molar-refractivity contribution in [3.05, 3.63) is 65.5 Å². The van der Waals surface area contributed by atoms with E-state index in [9.17, 15) is 9.18 Å². The molecule has 0 spiro atoms. The Labute approximate surface area is 123 Å². The maximum atomic E-state index is 13.7. The highest BCUT2D eigenvalue weighted by molar-refractivity contribution is 5.94. The molecule has 0 aliphatic rings. The molecule has 3 nitrogen and oxygen atoms in total. The number of methoxy groups -OCH3 is 1. The van der Waals surface area contributed by atoms with Crippen molar-refractivity contribution >= 4 is 5.91 Å². The van der Waals surface area contributed by atoms with Crippen LogP contribution in [0.15, 0.2) is 48.5 Å². The van der Waals surface area contributed by atoms with Gasteiger partial charge in [-0.25, -0.2) is 4.39 Å². The number of nitrogens with one attached hydrogen (secondary N) is 1. The van der Waals surface area contributed by atoms with E-state index >= 15 is 0 Å². The monoisotopic (exact) mass is 287 g/mol. The van der Waals surface area contributed by atoms with Crippen molar-refractivity contribution in [2.45, 2.75) is 19.4 Å². The summed E-state index contributed by atoms with van der Waals surface area (Å²) in [7, 11) is 1.59. The summed E-state index contributed by atoms with van der Waals surface area (Å²) >= 11 is 0. The molecule has 1 amide bonds. The number of benzene rings is 2. The van der Waals surface area contributed by atoms with E-state index in [0.717, 1.165) is 5.56 Å². The zero-order chi connectivity index (χ0) is 15.2. The molecule has 0 fully saturated rings. The molecule has 0 heterocycles. The van der Waals surface area contributed by atoms with Gasteiger partial charge in [-0.05, 0) is 24.6 Å². The SMILES string of the molecule is CCC(NC(=O)c1ccccc1F)c1ccccc1OC. The molecule has 0 saturated carbocycles. The number of carbonyl (C=O) groups excluding carboxylic acids is 1. The summed E-state index contributed by atoms with van der Waals surface area (Å²) in [6.07, 6.45) is 0.681. The summed E-state index contributed by atoms with van der Waals surface area (Å²) in [5, 5.41) is 2.86. The van der Waals surface area contributed by atoms with Gasteiger partial charge in [0, 0.05) is 5.56 Å².